The molecule has 0 saturated heterocycles. The number of nitrogens with zero attached hydrogens (tertiary/aromatic N) is 6. The van der Waals surface area contributed by atoms with Crippen molar-refractivity contribution in [3.8, 4) is 23.0 Å². The van der Waals surface area contributed by atoms with Gasteiger partial charge in [-0.1, -0.05) is 16.4 Å². The van der Waals surface area contributed by atoms with E-state index < -0.39 is 0 Å². The molecule has 0 atom stereocenters. The van der Waals surface area contributed by atoms with E-state index in [1.807, 2.05) is 41.9 Å². The zero-order valence-electron chi connectivity index (χ0n) is 13.6. The molecule has 4 aromatic rings. The first kappa shape index (κ1) is 14.5. The molecule has 0 aliphatic carbocycles. The molecule has 1 aromatic carbocycles. The van der Waals surface area contributed by atoms with Gasteiger partial charge in [-0.25, -0.2) is 4.68 Å². The number of fused-ring (bicyclic) bond motifs is 1. The van der Waals surface area contributed by atoms with Crippen molar-refractivity contribution in [1.29, 1.82) is 0 Å². The van der Waals surface area contributed by atoms with E-state index in [9.17, 15) is 0 Å². The van der Waals surface area contributed by atoms with E-state index in [0.717, 1.165) is 22.2 Å². The molecule has 0 aliphatic rings. The van der Waals surface area contributed by atoms with Crippen LogP contribution in [0.15, 0.2) is 41.1 Å². The number of aromatic nitrogens is 6. The van der Waals surface area contributed by atoms with Gasteiger partial charge >= 0.3 is 0 Å². The fraction of sp³-hybridized carbons (Fsp3) is 0.235. The van der Waals surface area contributed by atoms with E-state index in [2.05, 4.69) is 39.3 Å². The molecular formula is C17H16N6O. The maximum Gasteiger partial charge on any atom is 0.276 e. The number of rotatable bonds is 3. The van der Waals surface area contributed by atoms with Crippen LogP contribution in [0.4, 0.5) is 0 Å². The van der Waals surface area contributed by atoms with Crippen LogP contribution < -0.4 is 0 Å². The third-order valence-electron chi connectivity index (χ3n) is 3.77. The molecule has 0 unspecified atom stereocenters. The molecule has 0 fully saturated rings. The van der Waals surface area contributed by atoms with Crippen LogP contribution >= 0.6 is 0 Å². The molecule has 7 nitrogen and oxygen atoms in total. The summed E-state index contributed by atoms with van der Waals surface area (Å²) in [4.78, 5) is 8.74. The normalized spacial score (nSPS) is 11.5. The van der Waals surface area contributed by atoms with Crippen molar-refractivity contribution >= 4 is 11.0 Å². The van der Waals surface area contributed by atoms with Gasteiger partial charge in [0.05, 0.1) is 5.52 Å². The van der Waals surface area contributed by atoms with Gasteiger partial charge in [0.2, 0.25) is 5.82 Å². The first-order valence-electron chi connectivity index (χ1n) is 7.74. The number of pyridine rings is 1. The Morgan fingerprint density at radius 2 is 2.00 bits per heavy atom. The van der Waals surface area contributed by atoms with Crippen LogP contribution in [0.2, 0.25) is 0 Å². The number of hydrogen-bond donors (Lipinski definition) is 0. The zero-order valence-corrected chi connectivity index (χ0v) is 13.6. The molecule has 0 N–H and O–H groups in total. The Morgan fingerprint density at radius 3 is 2.75 bits per heavy atom. The molecule has 0 spiro atoms. The van der Waals surface area contributed by atoms with Crippen LogP contribution in [0.1, 0.15) is 25.5 Å². The minimum absolute atomic E-state index is 0.255. The Morgan fingerprint density at radius 1 is 1.12 bits per heavy atom. The standard InChI is InChI=1S/C17H16N6O/c1-10(2)23-15-7-5-12(8-14(15)20-22-23)16-19-17(24-21-16)13-6-4-11(3)9-18-13/h4-10H,1-3H3. The summed E-state index contributed by atoms with van der Waals surface area (Å²) in [6.07, 6.45) is 1.77. The molecule has 0 saturated carbocycles. The second-order valence-electron chi connectivity index (χ2n) is 5.98. The highest BCUT2D eigenvalue weighted by Gasteiger charge is 2.14. The zero-order chi connectivity index (χ0) is 16.7. The third kappa shape index (κ3) is 2.44. The molecule has 3 aromatic heterocycles. The van der Waals surface area contributed by atoms with Crippen LogP contribution in [0.25, 0.3) is 34.0 Å². The maximum atomic E-state index is 5.34. The summed E-state index contributed by atoms with van der Waals surface area (Å²) >= 11 is 0. The Kier molecular flexibility index (Phi) is 3.34. The van der Waals surface area contributed by atoms with Gasteiger partial charge in [-0.05, 0) is 50.6 Å². The van der Waals surface area contributed by atoms with E-state index in [0.29, 0.717) is 17.4 Å². The monoisotopic (exact) mass is 320 g/mol. The van der Waals surface area contributed by atoms with Crippen LogP contribution in [0.5, 0.6) is 0 Å². The second kappa shape index (κ2) is 5.52. The quantitative estimate of drug-likeness (QED) is 0.575. The molecule has 0 radical (unpaired) electrons. The molecule has 3 heterocycles. The topological polar surface area (TPSA) is 82.5 Å². The average molecular weight is 320 g/mol. The number of aryl methyl sites for hydroxylation is 1. The molecular weight excluding hydrogens is 304 g/mol. The minimum Gasteiger partial charge on any atom is -0.332 e. The van der Waals surface area contributed by atoms with Crippen molar-refractivity contribution < 1.29 is 4.52 Å². The van der Waals surface area contributed by atoms with E-state index in [-0.39, 0.29) is 6.04 Å². The number of benzene rings is 1. The molecule has 0 aliphatic heterocycles. The van der Waals surface area contributed by atoms with Crippen molar-refractivity contribution in [3.63, 3.8) is 0 Å². The van der Waals surface area contributed by atoms with Gasteiger partial charge in [0.1, 0.15) is 11.2 Å². The third-order valence-corrected chi connectivity index (χ3v) is 3.77. The molecule has 120 valence electrons. The maximum absolute atomic E-state index is 5.34. The summed E-state index contributed by atoms with van der Waals surface area (Å²) in [5.41, 5.74) is 4.36. The highest BCUT2D eigenvalue weighted by atomic mass is 16.5. The van der Waals surface area contributed by atoms with Crippen molar-refractivity contribution in [2.24, 2.45) is 0 Å². The predicted octanol–water partition coefficient (Wildman–Crippen LogP) is 3.43. The summed E-state index contributed by atoms with van der Waals surface area (Å²) in [5.74, 6) is 0.907. The van der Waals surface area contributed by atoms with Gasteiger partial charge < -0.3 is 4.52 Å². The minimum atomic E-state index is 0.255. The predicted molar refractivity (Wildman–Crippen MR) is 89.2 cm³/mol. The van der Waals surface area contributed by atoms with Gasteiger partial charge in [0.25, 0.3) is 5.89 Å². The first-order chi connectivity index (χ1) is 11.6. The molecule has 4 rings (SSSR count). The van der Waals surface area contributed by atoms with Gasteiger partial charge in [-0.15, -0.1) is 5.10 Å². The van der Waals surface area contributed by atoms with E-state index in [1.54, 1.807) is 6.20 Å². The average Bonchev–Trinajstić information content (AvgIpc) is 3.22. The van der Waals surface area contributed by atoms with Crippen molar-refractivity contribution in [3.05, 3.63) is 42.1 Å². The van der Waals surface area contributed by atoms with Crippen molar-refractivity contribution in [2.45, 2.75) is 26.8 Å². The molecule has 7 heteroatoms. The Labute approximate surface area is 138 Å². The summed E-state index contributed by atoms with van der Waals surface area (Å²) < 4.78 is 7.22. The van der Waals surface area contributed by atoms with Gasteiger partial charge in [-0.3, -0.25) is 4.98 Å². The fourth-order valence-electron chi connectivity index (χ4n) is 2.50. The summed E-state index contributed by atoms with van der Waals surface area (Å²) in [6.45, 7) is 6.12. The van der Waals surface area contributed by atoms with E-state index in [4.69, 9.17) is 4.52 Å². The molecule has 0 bridgehead atoms. The van der Waals surface area contributed by atoms with Crippen molar-refractivity contribution in [1.82, 2.24) is 30.1 Å². The lowest BCUT2D eigenvalue weighted by atomic mass is 10.2. The lowest BCUT2D eigenvalue weighted by Gasteiger charge is -2.04. The largest absolute Gasteiger partial charge is 0.332 e. The highest BCUT2D eigenvalue weighted by molar-refractivity contribution is 5.80. The van der Waals surface area contributed by atoms with Gasteiger partial charge in [0, 0.05) is 17.8 Å². The lowest BCUT2D eigenvalue weighted by Crippen LogP contribution is -2.02. The first-order valence-corrected chi connectivity index (χ1v) is 7.74. The van der Waals surface area contributed by atoms with E-state index >= 15 is 0 Å². The summed E-state index contributed by atoms with van der Waals surface area (Å²) in [7, 11) is 0. The van der Waals surface area contributed by atoms with Crippen molar-refractivity contribution in [2.75, 3.05) is 0 Å². The Hall–Kier alpha value is -3.09. The van der Waals surface area contributed by atoms with Crippen LogP contribution in [0, 0.1) is 6.92 Å². The van der Waals surface area contributed by atoms with Crippen LogP contribution in [0.3, 0.4) is 0 Å². The lowest BCUT2D eigenvalue weighted by molar-refractivity contribution is 0.431. The van der Waals surface area contributed by atoms with Crippen LogP contribution in [-0.2, 0) is 0 Å². The van der Waals surface area contributed by atoms with Gasteiger partial charge in [0.15, 0.2) is 0 Å². The SMILES string of the molecule is Cc1ccc(-c2nc(-c3ccc4c(c3)nnn4C(C)C)no2)nc1. The summed E-state index contributed by atoms with van der Waals surface area (Å²) in [5, 5.41) is 12.5. The van der Waals surface area contributed by atoms with E-state index in [1.165, 1.54) is 0 Å². The Bertz CT molecular complexity index is 1000. The molecule has 0 amide bonds. The highest BCUT2D eigenvalue weighted by Crippen LogP contribution is 2.24. The Balaban J connectivity index is 1.71. The summed E-state index contributed by atoms with van der Waals surface area (Å²) in [6, 6.07) is 9.92. The smallest absolute Gasteiger partial charge is 0.276 e. The fourth-order valence-corrected chi connectivity index (χ4v) is 2.50. The van der Waals surface area contributed by atoms with Gasteiger partial charge in [-0.2, -0.15) is 4.98 Å². The molecule has 24 heavy (non-hydrogen) atoms. The van der Waals surface area contributed by atoms with Crippen LogP contribution in [-0.4, -0.2) is 30.1 Å². The number of hydrogen-bond acceptors (Lipinski definition) is 6. The second-order valence-corrected chi connectivity index (χ2v) is 5.98.